The highest BCUT2D eigenvalue weighted by molar-refractivity contribution is 5.66. The summed E-state index contributed by atoms with van der Waals surface area (Å²) in [7, 11) is 3.38. The molecular weight excluding hydrogens is 388 g/mol. The lowest BCUT2D eigenvalue weighted by molar-refractivity contribution is 0.0523. The standard InChI is InChI=1S/C26H36N2O3/c1-16-17(2)25-21(18(3)24(16)27)14-26(4,31-25)15-28-11-9-19(10-12-28)20-7-8-22(29-5)23(13-20)30-6/h7-8,13,19H,9-12,14-15,27H2,1-6H3. The van der Waals surface area contributed by atoms with Crippen molar-refractivity contribution in [2.24, 2.45) is 0 Å². The number of nitrogen functional groups attached to an aromatic ring is 1. The van der Waals surface area contributed by atoms with E-state index in [1.54, 1.807) is 14.2 Å². The van der Waals surface area contributed by atoms with Gasteiger partial charge in [0.1, 0.15) is 11.4 Å². The van der Waals surface area contributed by atoms with E-state index in [-0.39, 0.29) is 5.60 Å². The molecule has 2 aromatic rings. The molecule has 4 rings (SSSR count). The van der Waals surface area contributed by atoms with Gasteiger partial charge in [-0.05, 0) is 93.9 Å². The van der Waals surface area contributed by atoms with E-state index in [0.717, 1.165) is 67.4 Å². The Morgan fingerprint density at radius 1 is 1.03 bits per heavy atom. The van der Waals surface area contributed by atoms with Gasteiger partial charge in [0.05, 0.1) is 14.2 Å². The fourth-order valence-electron chi connectivity index (χ4n) is 5.31. The van der Waals surface area contributed by atoms with Crippen LogP contribution >= 0.6 is 0 Å². The smallest absolute Gasteiger partial charge is 0.160 e. The Kier molecular flexibility index (Phi) is 5.82. The molecule has 0 radical (unpaired) electrons. The van der Waals surface area contributed by atoms with Crippen LogP contribution in [0.3, 0.4) is 0 Å². The summed E-state index contributed by atoms with van der Waals surface area (Å²) in [5, 5.41) is 0. The number of ether oxygens (including phenoxy) is 3. The third-order valence-electron chi connectivity index (χ3n) is 7.36. The Labute approximate surface area is 186 Å². The van der Waals surface area contributed by atoms with Gasteiger partial charge in [-0.2, -0.15) is 0 Å². The van der Waals surface area contributed by atoms with E-state index in [4.69, 9.17) is 19.9 Å². The van der Waals surface area contributed by atoms with E-state index >= 15 is 0 Å². The van der Waals surface area contributed by atoms with Crippen molar-refractivity contribution in [1.82, 2.24) is 4.90 Å². The molecule has 31 heavy (non-hydrogen) atoms. The van der Waals surface area contributed by atoms with Crippen molar-refractivity contribution >= 4 is 5.69 Å². The predicted octanol–water partition coefficient (Wildman–Crippen LogP) is 4.78. The van der Waals surface area contributed by atoms with Crippen molar-refractivity contribution in [1.29, 1.82) is 0 Å². The Morgan fingerprint density at radius 3 is 2.35 bits per heavy atom. The highest BCUT2D eigenvalue weighted by Crippen LogP contribution is 2.44. The van der Waals surface area contributed by atoms with Crippen LogP contribution < -0.4 is 19.9 Å². The molecule has 168 valence electrons. The van der Waals surface area contributed by atoms with Crippen LogP contribution in [0.1, 0.15) is 53.5 Å². The molecule has 5 heteroatoms. The molecule has 2 N–H and O–H groups in total. The molecule has 1 unspecified atom stereocenters. The molecule has 0 aliphatic carbocycles. The van der Waals surface area contributed by atoms with E-state index in [2.05, 4.69) is 44.7 Å². The zero-order valence-electron chi connectivity index (χ0n) is 19.8. The maximum absolute atomic E-state index is 6.58. The Bertz CT molecular complexity index is 940. The van der Waals surface area contributed by atoms with E-state index in [9.17, 15) is 0 Å². The quantitative estimate of drug-likeness (QED) is 0.700. The zero-order valence-corrected chi connectivity index (χ0v) is 19.8. The number of nitrogens with two attached hydrogens (primary N) is 1. The van der Waals surface area contributed by atoms with Crippen LogP contribution in [0.5, 0.6) is 17.2 Å². The molecule has 0 bridgehead atoms. The number of methoxy groups -OCH3 is 2. The highest BCUT2D eigenvalue weighted by atomic mass is 16.5. The number of rotatable bonds is 5. The van der Waals surface area contributed by atoms with Crippen LogP contribution in [-0.2, 0) is 6.42 Å². The van der Waals surface area contributed by atoms with Gasteiger partial charge in [0.2, 0.25) is 0 Å². The first-order valence-electron chi connectivity index (χ1n) is 11.3. The van der Waals surface area contributed by atoms with Crippen molar-refractivity contribution in [3.8, 4) is 17.2 Å². The fraction of sp³-hybridized carbons (Fsp3) is 0.538. The lowest BCUT2D eigenvalue weighted by Crippen LogP contribution is -2.47. The second-order valence-electron chi connectivity index (χ2n) is 9.49. The summed E-state index contributed by atoms with van der Waals surface area (Å²) in [5.74, 6) is 3.22. The molecule has 1 fully saturated rings. The van der Waals surface area contributed by atoms with E-state index in [1.165, 1.54) is 22.3 Å². The number of fused-ring (bicyclic) bond motifs is 1. The van der Waals surface area contributed by atoms with E-state index in [1.807, 2.05) is 6.07 Å². The summed E-state index contributed by atoms with van der Waals surface area (Å²) in [4.78, 5) is 2.56. The molecule has 1 saturated heterocycles. The Balaban J connectivity index is 1.41. The largest absolute Gasteiger partial charge is 0.493 e. The van der Waals surface area contributed by atoms with Crippen molar-refractivity contribution < 1.29 is 14.2 Å². The van der Waals surface area contributed by atoms with Crippen molar-refractivity contribution in [2.45, 2.75) is 58.5 Å². The molecule has 1 atom stereocenters. The summed E-state index contributed by atoms with van der Waals surface area (Å²) >= 11 is 0. The van der Waals surface area contributed by atoms with Gasteiger partial charge in [-0.25, -0.2) is 0 Å². The number of benzene rings is 2. The normalized spacial score (nSPS) is 21.6. The van der Waals surface area contributed by atoms with Gasteiger partial charge in [-0.1, -0.05) is 6.07 Å². The molecule has 0 amide bonds. The summed E-state index contributed by atoms with van der Waals surface area (Å²) in [5.41, 5.74) is 13.2. The zero-order chi connectivity index (χ0) is 22.3. The molecule has 0 aromatic heterocycles. The Morgan fingerprint density at radius 2 is 1.71 bits per heavy atom. The number of nitrogens with zero attached hydrogens (tertiary/aromatic N) is 1. The third-order valence-corrected chi connectivity index (χ3v) is 7.36. The summed E-state index contributed by atoms with van der Waals surface area (Å²) in [6, 6.07) is 6.33. The number of anilines is 1. The fourth-order valence-corrected chi connectivity index (χ4v) is 5.31. The molecule has 2 aliphatic heterocycles. The minimum absolute atomic E-state index is 0.200. The maximum atomic E-state index is 6.58. The second-order valence-corrected chi connectivity index (χ2v) is 9.49. The molecule has 2 aliphatic rings. The third kappa shape index (κ3) is 3.96. The SMILES string of the molecule is COc1ccc(C2CCN(CC3(C)Cc4c(C)c(N)c(C)c(C)c4O3)CC2)cc1OC. The van der Waals surface area contributed by atoms with Crippen LogP contribution in [0, 0.1) is 20.8 Å². The van der Waals surface area contributed by atoms with Crippen LogP contribution in [0.15, 0.2) is 18.2 Å². The molecule has 5 nitrogen and oxygen atoms in total. The second kappa shape index (κ2) is 8.27. The van der Waals surface area contributed by atoms with Gasteiger partial charge in [0.15, 0.2) is 11.5 Å². The van der Waals surface area contributed by atoms with Crippen LogP contribution in [0.25, 0.3) is 0 Å². The Hall–Kier alpha value is -2.40. The van der Waals surface area contributed by atoms with Gasteiger partial charge in [0, 0.05) is 24.2 Å². The topological polar surface area (TPSA) is 57.0 Å². The van der Waals surface area contributed by atoms with Crippen molar-refractivity contribution in [3.63, 3.8) is 0 Å². The summed E-state index contributed by atoms with van der Waals surface area (Å²) in [6.07, 6.45) is 3.21. The first-order valence-corrected chi connectivity index (χ1v) is 11.3. The molecule has 0 spiro atoms. The summed E-state index contributed by atoms with van der Waals surface area (Å²) < 4.78 is 17.5. The first kappa shape index (κ1) is 21.8. The predicted molar refractivity (Wildman–Crippen MR) is 126 cm³/mol. The minimum atomic E-state index is -0.200. The van der Waals surface area contributed by atoms with Crippen molar-refractivity contribution in [2.75, 3.05) is 39.6 Å². The van der Waals surface area contributed by atoms with Crippen molar-refractivity contribution in [3.05, 3.63) is 46.0 Å². The number of piperidine rings is 1. The van der Waals surface area contributed by atoms with Crippen LogP contribution in [0.2, 0.25) is 0 Å². The van der Waals surface area contributed by atoms with Gasteiger partial charge in [-0.3, -0.25) is 4.90 Å². The lowest BCUT2D eigenvalue weighted by Gasteiger charge is -2.37. The molecule has 2 aromatic carbocycles. The average molecular weight is 425 g/mol. The number of likely N-dealkylation sites (tertiary alicyclic amines) is 1. The molecule has 2 heterocycles. The van der Waals surface area contributed by atoms with Gasteiger partial charge in [-0.15, -0.1) is 0 Å². The minimum Gasteiger partial charge on any atom is -0.493 e. The number of hydrogen-bond acceptors (Lipinski definition) is 5. The molecular formula is C26H36N2O3. The van der Waals surface area contributed by atoms with E-state index in [0.29, 0.717) is 5.92 Å². The molecule has 0 saturated carbocycles. The van der Waals surface area contributed by atoms with Crippen LogP contribution in [-0.4, -0.2) is 44.4 Å². The first-order chi connectivity index (χ1) is 14.8. The van der Waals surface area contributed by atoms with Gasteiger partial charge >= 0.3 is 0 Å². The lowest BCUT2D eigenvalue weighted by atomic mass is 9.88. The maximum Gasteiger partial charge on any atom is 0.160 e. The summed E-state index contributed by atoms with van der Waals surface area (Å²) in [6.45, 7) is 11.7. The van der Waals surface area contributed by atoms with E-state index < -0.39 is 0 Å². The highest BCUT2D eigenvalue weighted by Gasteiger charge is 2.39. The average Bonchev–Trinajstić information content (AvgIpc) is 3.13. The number of hydrogen-bond donors (Lipinski definition) is 1. The van der Waals surface area contributed by atoms with Gasteiger partial charge in [0.25, 0.3) is 0 Å². The monoisotopic (exact) mass is 424 g/mol. The van der Waals surface area contributed by atoms with Gasteiger partial charge < -0.3 is 19.9 Å². The van der Waals surface area contributed by atoms with Crippen LogP contribution in [0.4, 0.5) is 5.69 Å².